The highest BCUT2D eigenvalue weighted by Gasteiger charge is 2.28. The van der Waals surface area contributed by atoms with E-state index in [9.17, 15) is 4.79 Å². The van der Waals surface area contributed by atoms with Gasteiger partial charge in [0, 0.05) is 12.7 Å². The number of methoxy groups -OCH3 is 1. The van der Waals surface area contributed by atoms with Crippen molar-refractivity contribution in [2.45, 2.75) is 51.7 Å². The van der Waals surface area contributed by atoms with Gasteiger partial charge in [-0.2, -0.15) is 0 Å². The van der Waals surface area contributed by atoms with Gasteiger partial charge in [-0.25, -0.2) is 4.79 Å². The summed E-state index contributed by atoms with van der Waals surface area (Å²) in [7, 11) is 1.75. The molecule has 0 N–H and O–H groups in total. The maximum absolute atomic E-state index is 11.4. The Hall–Kier alpha value is -0.830. The average Bonchev–Trinajstić information content (AvgIpc) is 2.28. The van der Waals surface area contributed by atoms with Crippen LogP contribution in [0.2, 0.25) is 0 Å². The van der Waals surface area contributed by atoms with Crippen molar-refractivity contribution in [1.82, 2.24) is 0 Å². The van der Waals surface area contributed by atoms with Crippen LogP contribution in [0.3, 0.4) is 0 Å². The second-order valence-corrected chi connectivity index (χ2v) is 4.68. The lowest BCUT2D eigenvalue weighted by Crippen LogP contribution is -2.31. The number of rotatable bonds is 4. The summed E-state index contributed by atoms with van der Waals surface area (Å²) in [5, 5.41) is 0. The molecule has 1 fully saturated rings. The van der Waals surface area contributed by atoms with E-state index in [1.165, 1.54) is 0 Å². The molecule has 3 atom stereocenters. The van der Waals surface area contributed by atoms with Gasteiger partial charge in [0.2, 0.25) is 0 Å². The zero-order chi connectivity index (χ0) is 12.1. The van der Waals surface area contributed by atoms with E-state index in [4.69, 9.17) is 9.47 Å². The van der Waals surface area contributed by atoms with E-state index in [1.807, 2.05) is 6.92 Å². The van der Waals surface area contributed by atoms with E-state index in [2.05, 4.69) is 6.58 Å². The molecule has 0 heterocycles. The normalized spacial score (nSPS) is 27.2. The lowest BCUT2D eigenvalue weighted by molar-refractivity contribution is -0.147. The minimum Gasteiger partial charge on any atom is -0.459 e. The summed E-state index contributed by atoms with van der Waals surface area (Å²) in [6.45, 7) is 7.22. The molecule has 3 heteroatoms. The first kappa shape index (κ1) is 13.2. The molecule has 1 rings (SSSR count). The van der Waals surface area contributed by atoms with Crippen molar-refractivity contribution in [3.05, 3.63) is 12.2 Å². The summed E-state index contributed by atoms with van der Waals surface area (Å²) in [6.07, 6.45) is 4.66. The predicted octanol–water partition coefficient (Wildman–Crippen LogP) is 2.70. The maximum atomic E-state index is 11.4. The molecular formula is C13H22O3. The van der Waals surface area contributed by atoms with Crippen LogP contribution in [0.4, 0.5) is 0 Å². The smallest absolute Gasteiger partial charge is 0.333 e. The Bertz CT molecular complexity index is 260. The predicted molar refractivity (Wildman–Crippen MR) is 63.1 cm³/mol. The van der Waals surface area contributed by atoms with Crippen LogP contribution >= 0.6 is 0 Å². The van der Waals surface area contributed by atoms with Crippen LogP contribution in [-0.2, 0) is 14.3 Å². The van der Waals surface area contributed by atoms with Gasteiger partial charge >= 0.3 is 5.97 Å². The minimum atomic E-state index is -0.285. The Morgan fingerprint density at radius 2 is 2.12 bits per heavy atom. The molecule has 1 aliphatic rings. The van der Waals surface area contributed by atoms with Gasteiger partial charge in [-0.1, -0.05) is 13.0 Å². The van der Waals surface area contributed by atoms with Gasteiger partial charge in [0.25, 0.3) is 0 Å². The molecule has 0 saturated heterocycles. The second kappa shape index (κ2) is 6.04. The third-order valence-corrected chi connectivity index (χ3v) is 3.31. The molecule has 1 saturated carbocycles. The molecular weight excluding hydrogens is 204 g/mol. The number of esters is 1. The third kappa shape index (κ3) is 3.63. The Morgan fingerprint density at radius 1 is 1.44 bits per heavy atom. The molecule has 92 valence electrons. The van der Waals surface area contributed by atoms with Crippen LogP contribution in [0.25, 0.3) is 0 Å². The lowest BCUT2D eigenvalue weighted by Gasteiger charge is -2.31. The van der Waals surface area contributed by atoms with Crippen molar-refractivity contribution in [3.8, 4) is 0 Å². The SMILES string of the molecule is C=C(C)C(=O)OC(C)C1CCCC(OC)C1. The fourth-order valence-corrected chi connectivity index (χ4v) is 2.19. The van der Waals surface area contributed by atoms with Gasteiger partial charge in [0.05, 0.1) is 6.10 Å². The molecule has 0 amide bonds. The van der Waals surface area contributed by atoms with Crippen molar-refractivity contribution in [2.24, 2.45) is 5.92 Å². The van der Waals surface area contributed by atoms with Crippen molar-refractivity contribution >= 4 is 5.97 Å². The van der Waals surface area contributed by atoms with Crippen LogP contribution in [0.15, 0.2) is 12.2 Å². The van der Waals surface area contributed by atoms with Gasteiger partial charge in [0.1, 0.15) is 6.10 Å². The number of carbonyl (C=O) groups excluding carboxylic acids is 1. The maximum Gasteiger partial charge on any atom is 0.333 e. The van der Waals surface area contributed by atoms with Gasteiger partial charge < -0.3 is 9.47 Å². The molecule has 0 aromatic heterocycles. The zero-order valence-electron chi connectivity index (χ0n) is 10.5. The molecule has 3 nitrogen and oxygen atoms in total. The molecule has 16 heavy (non-hydrogen) atoms. The molecule has 0 aromatic rings. The van der Waals surface area contributed by atoms with Crippen molar-refractivity contribution < 1.29 is 14.3 Å². The Kier molecular flexibility index (Phi) is 5.00. The van der Waals surface area contributed by atoms with E-state index in [0.29, 0.717) is 17.6 Å². The Balaban J connectivity index is 2.44. The standard InChI is InChI=1S/C13H22O3/c1-9(2)13(14)16-10(3)11-6-5-7-12(8-11)15-4/h10-12H,1,5-8H2,2-4H3. The van der Waals surface area contributed by atoms with Crippen LogP contribution in [-0.4, -0.2) is 25.3 Å². The molecule has 0 aromatic carbocycles. The topological polar surface area (TPSA) is 35.5 Å². The monoisotopic (exact) mass is 226 g/mol. The zero-order valence-corrected chi connectivity index (χ0v) is 10.5. The van der Waals surface area contributed by atoms with E-state index in [1.54, 1.807) is 14.0 Å². The van der Waals surface area contributed by atoms with Crippen molar-refractivity contribution in [3.63, 3.8) is 0 Å². The summed E-state index contributed by atoms with van der Waals surface area (Å²) in [5.74, 6) is 0.133. The summed E-state index contributed by atoms with van der Waals surface area (Å²) in [5.41, 5.74) is 0.464. The number of ether oxygens (including phenoxy) is 2. The highest BCUT2D eigenvalue weighted by Crippen LogP contribution is 2.29. The molecule has 0 bridgehead atoms. The van der Waals surface area contributed by atoms with E-state index in [-0.39, 0.29) is 12.1 Å². The number of hydrogen-bond acceptors (Lipinski definition) is 3. The highest BCUT2D eigenvalue weighted by atomic mass is 16.5. The van der Waals surface area contributed by atoms with Gasteiger partial charge in [0.15, 0.2) is 0 Å². The third-order valence-electron chi connectivity index (χ3n) is 3.31. The van der Waals surface area contributed by atoms with Gasteiger partial charge in [-0.15, -0.1) is 0 Å². The summed E-state index contributed by atoms with van der Waals surface area (Å²) in [4.78, 5) is 11.4. The van der Waals surface area contributed by atoms with Crippen molar-refractivity contribution in [1.29, 1.82) is 0 Å². The quantitative estimate of drug-likeness (QED) is 0.546. The first-order valence-corrected chi connectivity index (χ1v) is 5.94. The van der Waals surface area contributed by atoms with E-state index < -0.39 is 0 Å². The minimum absolute atomic E-state index is 0.0397. The largest absolute Gasteiger partial charge is 0.459 e. The first-order valence-electron chi connectivity index (χ1n) is 5.94. The van der Waals surface area contributed by atoms with Crippen LogP contribution < -0.4 is 0 Å². The van der Waals surface area contributed by atoms with Crippen molar-refractivity contribution in [2.75, 3.05) is 7.11 Å². The lowest BCUT2D eigenvalue weighted by atomic mass is 9.84. The summed E-state index contributed by atoms with van der Waals surface area (Å²) < 4.78 is 10.7. The van der Waals surface area contributed by atoms with Crippen LogP contribution in [0.1, 0.15) is 39.5 Å². The molecule has 0 spiro atoms. The molecule has 0 radical (unpaired) electrons. The summed E-state index contributed by atoms with van der Waals surface area (Å²) >= 11 is 0. The fourth-order valence-electron chi connectivity index (χ4n) is 2.19. The molecule has 3 unspecified atom stereocenters. The van der Waals surface area contributed by atoms with Crippen LogP contribution in [0.5, 0.6) is 0 Å². The number of carbonyl (C=O) groups is 1. The Morgan fingerprint density at radius 3 is 2.69 bits per heavy atom. The van der Waals surface area contributed by atoms with E-state index in [0.717, 1.165) is 25.7 Å². The van der Waals surface area contributed by atoms with E-state index >= 15 is 0 Å². The summed E-state index contributed by atoms with van der Waals surface area (Å²) in [6, 6.07) is 0. The van der Waals surface area contributed by atoms with Crippen LogP contribution in [0, 0.1) is 5.92 Å². The average molecular weight is 226 g/mol. The van der Waals surface area contributed by atoms with Gasteiger partial charge in [-0.3, -0.25) is 0 Å². The van der Waals surface area contributed by atoms with Gasteiger partial charge in [-0.05, 0) is 39.0 Å². The molecule has 1 aliphatic carbocycles. The Labute approximate surface area is 97.8 Å². The highest BCUT2D eigenvalue weighted by molar-refractivity contribution is 5.87. The number of hydrogen-bond donors (Lipinski definition) is 0. The molecule has 0 aliphatic heterocycles. The second-order valence-electron chi connectivity index (χ2n) is 4.68. The fraction of sp³-hybridized carbons (Fsp3) is 0.769. The first-order chi connectivity index (χ1) is 7.54.